The summed E-state index contributed by atoms with van der Waals surface area (Å²) in [6, 6.07) is 7.93. The molecule has 0 radical (unpaired) electrons. The maximum atomic E-state index is 10.1. The molecule has 0 spiro atoms. The van der Waals surface area contributed by atoms with Crippen LogP contribution in [0, 0.1) is 0 Å². The van der Waals surface area contributed by atoms with Gasteiger partial charge in [0.15, 0.2) is 0 Å². The Morgan fingerprint density at radius 3 is 2.93 bits per heavy atom. The van der Waals surface area contributed by atoms with E-state index in [9.17, 15) is 4.79 Å². The maximum absolute atomic E-state index is 10.1. The lowest BCUT2D eigenvalue weighted by atomic mass is 10.1. The fourth-order valence-corrected chi connectivity index (χ4v) is 1.36. The molecule has 1 heterocycles. The molecule has 1 aromatic heterocycles. The Hall–Kier alpha value is -1.96. The fourth-order valence-electron chi connectivity index (χ4n) is 1.36. The molecule has 68 valence electrons. The molecular formula is C12H9NO. The molecule has 14 heavy (non-hydrogen) atoms. The first-order chi connectivity index (χ1) is 6.90. The number of hydrogen-bond acceptors (Lipinski definition) is 2. The molecule has 0 fully saturated rings. The monoisotopic (exact) mass is 183 g/mol. The molecule has 0 atom stereocenters. The molecule has 0 aliphatic heterocycles. The summed E-state index contributed by atoms with van der Waals surface area (Å²) in [6.45, 7) is 0. The summed E-state index contributed by atoms with van der Waals surface area (Å²) < 4.78 is 0. The van der Waals surface area contributed by atoms with Crippen LogP contribution < -0.4 is 0 Å². The van der Waals surface area contributed by atoms with Crippen molar-refractivity contribution in [2.24, 2.45) is 0 Å². The number of fused-ring (bicyclic) bond motifs is 1. The van der Waals surface area contributed by atoms with Gasteiger partial charge in [-0.05, 0) is 29.2 Å². The van der Waals surface area contributed by atoms with E-state index >= 15 is 0 Å². The van der Waals surface area contributed by atoms with Gasteiger partial charge in [0.1, 0.15) is 6.29 Å². The molecule has 2 heteroatoms. The molecule has 1 aromatic carbocycles. The first-order valence-electron chi connectivity index (χ1n) is 4.36. The zero-order valence-electron chi connectivity index (χ0n) is 7.55. The molecule has 2 rings (SSSR count). The predicted molar refractivity (Wildman–Crippen MR) is 56.8 cm³/mol. The summed E-state index contributed by atoms with van der Waals surface area (Å²) in [5, 5.41) is 2.24. The Morgan fingerprint density at radius 1 is 1.14 bits per heavy atom. The molecule has 2 aromatic rings. The highest BCUT2D eigenvalue weighted by atomic mass is 16.1. The molecule has 0 aliphatic carbocycles. The van der Waals surface area contributed by atoms with E-state index in [0.717, 1.165) is 22.6 Å². The number of carbonyl (C=O) groups is 1. The van der Waals surface area contributed by atoms with Gasteiger partial charge in [0, 0.05) is 17.8 Å². The second kappa shape index (κ2) is 3.83. The van der Waals surface area contributed by atoms with E-state index in [1.165, 1.54) is 6.08 Å². The lowest BCUT2D eigenvalue weighted by Gasteiger charge is -1.97. The number of pyridine rings is 1. The van der Waals surface area contributed by atoms with Crippen LogP contribution in [-0.4, -0.2) is 11.3 Å². The molecular weight excluding hydrogens is 174 g/mol. The van der Waals surface area contributed by atoms with Crippen molar-refractivity contribution in [1.29, 1.82) is 0 Å². The molecule has 0 aliphatic rings. The van der Waals surface area contributed by atoms with Crippen LogP contribution >= 0.6 is 0 Å². The first-order valence-corrected chi connectivity index (χ1v) is 4.36. The van der Waals surface area contributed by atoms with Crippen LogP contribution in [0.4, 0.5) is 0 Å². The highest BCUT2D eigenvalue weighted by Gasteiger charge is 1.92. The van der Waals surface area contributed by atoms with E-state index in [1.54, 1.807) is 12.3 Å². The number of hydrogen-bond donors (Lipinski definition) is 0. The zero-order chi connectivity index (χ0) is 9.80. The van der Waals surface area contributed by atoms with Crippen molar-refractivity contribution >= 4 is 23.1 Å². The number of carbonyl (C=O) groups excluding carboxylic acids is 1. The van der Waals surface area contributed by atoms with Crippen LogP contribution in [0.3, 0.4) is 0 Å². The van der Waals surface area contributed by atoms with Crippen molar-refractivity contribution in [3.05, 3.63) is 48.3 Å². The average molecular weight is 183 g/mol. The summed E-state index contributed by atoms with van der Waals surface area (Å²) in [7, 11) is 0. The van der Waals surface area contributed by atoms with E-state index in [4.69, 9.17) is 0 Å². The van der Waals surface area contributed by atoms with Gasteiger partial charge in [0.05, 0.1) is 0 Å². The second-order valence-electron chi connectivity index (χ2n) is 2.98. The summed E-state index contributed by atoms with van der Waals surface area (Å²) in [5.41, 5.74) is 1.02. The van der Waals surface area contributed by atoms with E-state index in [0.29, 0.717) is 0 Å². The van der Waals surface area contributed by atoms with Crippen LogP contribution in [-0.2, 0) is 4.79 Å². The summed E-state index contributed by atoms with van der Waals surface area (Å²) >= 11 is 0. The number of aldehydes is 1. The van der Waals surface area contributed by atoms with Crippen LogP contribution in [0.25, 0.3) is 16.8 Å². The fraction of sp³-hybridized carbons (Fsp3) is 0. The van der Waals surface area contributed by atoms with Crippen molar-refractivity contribution in [3.8, 4) is 0 Å². The van der Waals surface area contributed by atoms with E-state index in [1.807, 2.05) is 30.5 Å². The van der Waals surface area contributed by atoms with Gasteiger partial charge in [-0.3, -0.25) is 9.78 Å². The standard InChI is InChI=1S/C12H9NO/c14-7-1-2-10-3-4-12-9-13-6-5-11(12)8-10/h1-9H. The lowest BCUT2D eigenvalue weighted by molar-refractivity contribution is -0.104. The predicted octanol–water partition coefficient (Wildman–Crippen LogP) is 2.45. The van der Waals surface area contributed by atoms with Crippen molar-refractivity contribution in [2.75, 3.05) is 0 Å². The number of benzene rings is 1. The molecule has 2 nitrogen and oxygen atoms in total. The number of nitrogens with zero attached hydrogens (tertiary/aromatic N) is 1. The van der Waals surface area contributed by atoms with Crippen molar-refractivity contribution < 1.29 is 4.79 Å². The van der Waals surface area contributed by atoms with Gasteiger partial charge in [-0.15, -0.1) is 0 Å². The normalized spacial score (nSPS) is 10.9. The second-order valence-corrected chi connectivity index (χ2v) is 2.98. The number of allylic oxidation sites excluding steroid dienone is 1. The molecule has 0 unspecified atom stereocenters. The smallest absolute Gasteiger partial charge is 0.142 e. The summed E-state index contributed by atoms with van der Waals surface area (Å²) in [5.74, 6) is 0. The van der Waals surface area contributed by atoms with Crippen LogP contribution in [0.2, 0.25) is 0 Å². The number of aromatic nitrogens is 1. The highest BCUT2D eigenvalue weighted by molar-refractivity contribution is 5.85. The molecule has 0 N–H and O–H groups in total. The van der Waals surface area contributed by atoms with E-state index < -0.39 is 0 Å². The van der Waals surface area contributed by atoms with Crippen LogP contribution in [0.15, 0.2) is 42.7 Å². The van der Waals surface area contributed by atoms with E-state index in [-0.39, 0.29) is 0 Å². The van der Waals surface area contributed by atoms with Crippen molar-refractivity contribution in [2.45, 2.75) is 0 Å². The topological polar surface area (TPSA) is 30.0 Å². The quantitative estimate of drug-likeness (QED) is 0.528. The summed E-state index contributed by atoms with van der Waals surface area (Å²) in [6.07, 6.45) is 7.63. The van der Waals surface area contributed by atoms with Gasteiger partial charge in [-0.25, -0.2) is 0 Å². The number of rotatable bonds is 2. The first kappa shape index (κ1) is 8.63. The minimum atomic E-state index is 0.775. The van der Waals surface area contributed by atoms with Crippen molar-refractivity contribution in [1.82, 2.24) is 4.98 Å². The van der Waals surface area contributed by atoms with Gasteiger partial charge >= 0.3 is 0 Å². The van der Waals surface area contributed by atoms with Crippen LogP contribution in [0.5, 0.6) is 0 Å². The molecule has 0 saturated heterocycles. The Balaban J connectivity index is 2.51. The summed E-state index contributed by atoms with van der Waals surface area (Å²) in [4.78, 5) is 14.2. The Labute approximate surface area is 81.9 Å². The molecule has 0 bridgehead atoms. The van der Waals surface area contributed by atoms with Gasteiger partial charge < -0.3 is 0 Å². The Morgan fingerprint density at radius 2 is 2.07 bits per heavy atom. The molecule has 0 amide bonds. The zero-order valence-corrected chi connectivity index (χ0v) is 7.55. The van der Waals surface area contributed by atoms with Gasteiger partial charge in [-0.1, -0.05) is 18.2 Å². The Kier molecular flexibility index (Phi) is 2.36. The average Bonchev–Trinajstić information content (AvgIpc) is 2.26. The third-order valence-corrected chi connectivity index (χ3v) is 2.03. The highest BCUT2D eigenvalue weighted by Crippen LogP contribution is 2.14. The minimum absolute atomic E-state index is 0.775. The van der Waals surface area contributed by atoms with E-state index in [2.05, 4.69) is 4.98 Å². The SMILES string of the molecule is O=CC=Cc1ccc2cnccc2c1. The van der Waals surface area contributed by atoms with Crippen molar-refractivity contribution in [3.63, 3.8) is 0 Å². The van der Waals surface area contributed by atoms with Gasteiger partial charge in [0.2, 0.25) is 0 Å². The van der Waals surface area contributed by atoms with Gasteiger partial charge in [-0.2, -0.15) is 0 Å². The minimum Gasteiger partial charge on any atom is -0.299 e. The van der Waals surface area contributed by atoms with Crippen LogP contribution in [0.1, 0.15) is 5.56 Å². The Bertz CT molecular complexity index is 488. The van der Waals surface area contributed by atoms with Gasteiger partial charge in [0.25, 0.3) is 0 Å². The molecule has 0 saturated carbocycles. The third kappa shape index (κ3) is 1.69. The third-order valence-electron chi connectivity index (χ3n) is 2.03. The largest absolute Gasteiger partial charge is 0.299 e. The lowest BCUT2D eigenvalue weighted by Crippen LogP contribution is -1.77. The maximum Gasteiger partial charge on any atom is 0.142 e.